The van der Waals surface area contributed by atoms with Crippen LogP contribution in [-0.2, 0) is 9.84 Å². The van der Waals surface area contributed by atoms with Gasteiger partial charge in [0.25, 0.3) is 0 Å². The third kappa shape index (κ3) is 2.91. The highest BCUT2D eigenvalue weighted by Gasteiger charge is 2.26. The molecule has 2 aliphatic carbocycles. The zero-order valence-corrected chi connectivity index (χ0v) is 13.2. The molecule has 0 unspecified atom stereocenters. The minimum absolute atomic E-state index is 0.202. The van der Waals surface area contributed by atoms with Crippen LogP contribution in [0.25, 0.3) is 5.57 Å². The highest BCUT2D eigenvalue weighted by atomic mass is 32.2. The van der Waals surface area contributed by atoms with E-state index >= 15 is 0 Å². The van der Waals surface area contributed by atoms with Crippen molar-refractivity contribution in [2.75, 3.05) is 6.26 Å². The Kier molecular flexibility index (Phi) is 3.91. The minimum Gasteiger partial charge on any atom is -0.224 e. The Hall–Kier alpha value is -1.16. The van der Waals surface area contributed by atoms with Gasteiger partial charge in [-0.15, -0.1) is 0 Å². The molecule has 3 rings (SSSR count). The first kappa shape index (κ1) is 14.8. The number of hydrogen-bond acceptors (Lipinski definition) is 2. The van der Waals surface area contributed by atoms with E-state index in [0.29, 0.717) is 5.92 Å². The van der Waals surface area contributed by atoms with Gasteiger partial charge < -0.3 is 0 Å². The van der Waals surface area contributed by atoms with Gasteiger partial charge >= 0.3 is 0 Å². The number of sulfone groups is 1. The fourth-order valence-electron chi connectivity index (χ4n) is 3.81. The fourth-order valence-corrected chi connectivity index (χ4v) is 4.54. The Morgan fingerprint density at radius 3 is 2.43 bits per heavy atom. The first-order valence-corrected chi connectivity index (χ1v) is 9.58. The third-order valence-electron chi connectivity index (χ3n) is 4.79. The van der Waals surface area contributed by atoms with Gasteiger partial charge in [-0.25, -0.2) is 12.8 Å². The van der Waals surface area contributed by atoms with Crippen molar-refractivity contribution in [3.63, 3.8) is 0 Å². The van der Waals surface area contributed by atoms with Gasteiger partial charge in [0.15, 0.2) is 9.84 Å². The lowest BCUT2D eigenvalue weighted by Crippen LogP contribution is -2.02. The van der Waals surface area contributed by atoms with Crippen LogP contribution >= 0.6 is 0 Å². The molecule has 0 spiro atoms. The van der Waals surface area contributed by atoms with Gasteiger partial charge in [0, 0.05) is 6.26 Å². The topological polar surface area (TPSA) is 34.1 Å². The lowest BCUT2D eigenvalue weighted by Gasteiger charge is -2.15. The van der Waals surface area contributed by atoms with E-state index in [1.54, 1.807) is 6.07 Å². The van der Waals surface area contributed by atoms with Gasteiger partial charge in [0.1, 0.15) is 10.7 Å². The van der Waals surface area contributed by atoms with Crippen molar-refractivity contribution in [1.29, 1.82) is 0 Å². The monoisotopic (exact) mass is 308 g/mol. The molecule has 0 aliphatic heterocycles. The van der Waals surface area contributed by atoms with Crippen molar-refractivity contribution in [3.8, 4) is 0 Å². The van der Waals surface area contributed by atoms with Crippen molar-refractivity contribution < 1.29 is 12.8 Å². The Bertz CT molecular complexity index is 683. The van der Waals surface area contributed by atoms with Crippen LogP contribution in [0.3, 0.4) is 0 Å². The average molecular weight is 308 g/mol. The quantitative estimate of drug-likeness (QED) is 0.831. The predicted octanol–water partition coefficient (Wildman–Crippen LogP) is 4.36. The number of allylic oxidation sites excluding steroid dienone is 2. The largest absolute Gasteiger partial charge is 0.224 e. The van der Waals surface area contributed by atoms with Crippen LogP contribution in [0.5, 0.6) is 0 Å². The van der Waals surface area contributed by atoms with Crippen molar-refractivity contribution in [1.82, 2.24) is 0 Å². The number of hydrogen-bond donors (Lipinski definition) is 0. The van der Waals surface area contributed by atoms with Crippen molar-refractivity contribution in [2.45, 2.75) is 49.8 Å². The molecule has 0 saturated heterocycles. The van der Waals surface area contributed by atoms with Crippen LogP contribution < -0.4 is 0 Å². The molecule has 0 amide bonds. The molecule has 114 valence electrons. The molecule has 0 atom stereocenters. The minimum atomic E-state index is -3.49. The first-order chi connectivity index (χ1) is 9.97. The standard InChI is InChI=1S/C17H21FO2S/c1-21(19,20)17-10-9-13(11-16(17)18)15-8-4-7-14(15)12-5-2-3-6-12/h9-12H,2-8H2,1H3. The summed E-state index contributed by atoms with van der Waals surface area (Å²) in [5, 5.41) is 0. The van der Waals surface area contributed by atoms with E-state index < -0.39 is 15.7 Å². The van der Waals surface area contributed by atoms with Gasteiger partial charge in [0.2, 0.25) is 0 Å². The molecule has 0 bridgehead atoms. The van der Waals surface area contributed by atoms with Gasteiger partial charge in [0.05, 0.1) is 0 Å². The van der Waals surface area contributed by atoms with Crippen LogP contribution in [0.1, 0.15) is 50.5 Å². The molecular weight excluding hydrogens is 287 g/mol. The molecule has 4 heteroatoms. The number of rotatable bonds is 3. The predicted molar refractivity (Wildman–Crippen MR) is 82.2 cm³/mol. The SMILES string of the molecule is CS(=O)(=O)c1ccc(C2=C(C3CCCC3)CCC2)cc1F. The molecule has 0 heterocycles. The molecule has 0 aromatic heterocycles. The highest BCUT2D eigenvalue weighted by molar-refractivity contribution is 7.90. The molecule has 1 aromatic carbocycles. The second-order valence-electron chi connectivity index (χ2n) is 6.26. The lowest BCUT2D eigenvalue weighted by atomic mass is 9.91. The molecule has 2 aliphatic rings. The average Bonchev–Trinajstić information content (AvgIpc) is 3.08. The molecule has 1 saturated carbocycles. The van der Waals surface area contributed by atoms with Gasteiger partial charge in [-0.1, -0.05) is 24.5 Å². The molecule has 1 aromatic rings. The summed E-state index contributed by atoms with van der Waals surface area (Å²) in [4.78, 5) is -0.202. The third-order valence-corrected chi connectivity index (χ3v) is 5.92. The van der Waals surface area contributed by atoms with Gasteiger partial charge in [-0.05, 0) is 61.3 Å². The van der Waals surface area contributed by atoms with E-state index in [-0.39, 0.29) is 4.90 Å². The summed E-state index contributed by atoms with van der Waals surface area (Å²) in [5.41, 5.74) is 3.64. The molecule has 0 N–H and O–H groups in total. The maximum Gasteiger partial charge on any atom is 0.178 e. The normalized spacial score (nSPS) is 20.5. The van der Waals surface area contributed by atoms with Crippen LogP contribution in [0.2, 0.25) is 0 Å². The van der Waals surface area contributed by atoms with E-state index in [2.05, 4.69) is 0 Å². The molecule has 21 heavy (non-hydrogen) atoms. The summed E-state index contributed by atoms with van der Waals surface area (Å²) >= 11 is 0. The maximum absolute atomic E-state index is 14.1. The van der Waals surface area contributed by atoms with Crippen molar-refractivity contribution in [3.05, 3.63) is 35.2 Å². The van der Waals surface area contributed by atoms with Crippen molar-refractivity contribution >= 4 is 15.4 Å². The van der Waals surface area contributed by atoms with Crippen LogP contribution in [-0.4, -0.2) is 14.7 Å². The summed E-state index contributed by atoms with van der Waals surface area (Å²) in [6.07, 6.45) is 9.39. The Morgan fingerprint density at radius 1 is 1.10 bits per heavy atom. The first-order valence-electron chi connectivity index (χ1n) is 7.69. The molecule has 0 radical (unpaired) electrons. The molecular formula is C17H21FO2S. The van der Waals surface area contributed by atoms with E-state index in [1.807, 2.05) is 0 Å². The summed E-state index contributed by atoms with van der Waals surface area (Å²) in [6.45, 7) is 0. The maximum atomic E-state index is 14.1. The summed E-state index contributed by atoms with van der Waals surface area (Å²) < 4.78 is 37.1. The van der Waals surface area contributed by atoms with E-state index in [9.17, 15) is 12.8 Å². The fraction of sp³-hybridized carbons (Fsp3) is 0.529. The zero-order chi connectivity index (χ0) is 15.0. The van der Waals surface area contributed by atoms with Crippen molar-refractivity contribution in [2.24, 2.45) is 5.92 Å². The second-order valence-corrected chi connectivity index (χ2v) is 8.24. The lowest BCUT2D eigenvalue weighted by molar-refractivity contribution is 0.570. The van der Waals surface area contributed by atoms with E-state index in [1.165, 1.54) is 49.0 Å². The number of halogens is 1. The van der Waals surface area contributed by atoms with Crippen LogP contribution in [0.4, 0.5) is 4.39 Å². The van der Waals surface area contributed by atoms with Crippen LogP contribution in [0, 0.1) is 11.7 Å². The summed E-state index contributed by atoms with van der Waals surface area (Å²) in [6, 6.07) is 4.60. The summed E-state index contributed by atoms with van der Waals surface area (Å²) in [5.74, 6) is 0.0420. The Balaban J connectivity index is 2.00. The van der Waals surface area contributed by atoms with Crippen LogP contribution in [0.15, 0.2) is 28.7 Å². The second kappa shape index (κ2) is 5.56. The summed E-state index contributed by atoms with van der Waals surface area (Å²) in [7, 11) is -3.49. The van der Waals surface area contributed by atoms with E-state index in [4.69, 9.17) is 0 Å². The Labute approximate surface area is 126 Å². The van der Waals surface area contributed by atoms with Gasteiger partial charge in [-0.2, -0.15) is 0 Å². The highest BCUT2D eigenvalue weighted by Crippen LogP contribution is 2.43. The molecule has 2 nitrogen and oxygen atoms in total. The smallest absolute Gasteiger partial charge is 0.178 e. The Morgan fingerprint density at radius 2 is 1.81 bits per heavy atom. The zero-order valence-electron chi connectivity index (χ0n) is 12.4. The number of benzene rings is 1. The van der Waals surface area contributed by atoms with E-state index in [0.717, 1.165) is 31.1 Å². The van der Waals surface area contributed by atoms with Gasteiger partial charge in [-0.3, -0.25) is 0 Å². The molecule has 1 fully saturated rings.